The fourth-order valence-electron chi connectivity index (χ4n) is 2.72. The third kappa shape index (κ3) is 5.38. The van der Waals surface area contributed by atoms with Gasteiger partial charge in [-0.15, -0.1) is 0 Å². The van der Waals surface area contributed by atoms with E-state index in [9.17, 15) is 4.79 Å². The van der Waals surface area contributed by atoms with E-state index in [4.69, 9.17) is 10.5 Å². The number of nitrogens with one attached hydrogen (secondary N) is 1. The standard InChI is InChI=1S/C17H26N2O2/c1-13-6-8-16(9-7-13)21-11-3-10-19-17(20)14-4-2-5-15(18)12-14/h6-9,14-15H,2-5,10-12,18H2,1H3,(H,19,20). The van der Waals surface area contributed by atoms with Gasteiger partial charge in [0.1, 0.15) is 5.75 Å². The van der Waals surface area contributed by atoms with Crippen LogP contribution in [0.2, 0.25) is 0 Å². The normalized spacial score (nSPS) is 21.8. The van der Waals surface area contributed by atoms with Gasteiger partial charge < -0.3 is 15.8 Å². The van der Waals surface area contributed by atoms with Gasteiger partial charge in [0.2, 0.25) is 5.91 Å². The molecule has 116 valence electrons. The molecule has 1 aliphatic rings. The van der Waals surface area contributed by atoms with E-state index in [1.165, 1.54) is 5.56 Å². The molecule has 2 unspecified atom stereocenters. The predicted molar refractivity (Wildman–Crippen MR) is 84.2 cm³/mol. The molecule has 4 nitrogen and oxygen atoms in total. The summed E-state index contributed by atoms with van der Waals surface area (Å²) >= 11 is 0. The highest BCUT2D eigenvalue weighted by molar-refractivity contribution is 5.78. The van der Waals surface area contributed by atoms with Crippen molar-refractivity contribution in [2.45, 2.75) is 45.1 Å². The Kier molecular flexibility index (Phi) is 6.05. The van der Waals surface area contributed by atoms with Gasteiger partial charge in [0.05, 0.1) is 6.61 Å². The molecule has 1 fully saturated rings. The van der Waals surface area contributed by atoms with Crippen molar-refractivity contribution in [3.05, 3.63) is 29.8 Å². The molecule has 0 heterocycles. The summed E-state index contributed by atoms with van der Waals surface area (Å²) in [6.45, 7) is 3.33. The van der Waals surface area contributed by atoms with E-state index in [0.717, 1.165) is 37.9 Å². The van der Waals surface area contributed by atoms with Crippen LogP contribution in [0.5, 0.6) is 5.75 Å². The summed E-state index contributed by atoms with van der Waals surface area (Å²) in [5.74, 6) is 1.14. The molecule has 0 spiro atoms. The van der Waals surface area contributed by atoms with Crippen LogP contribution in [-0.4, -0.2) is 25.1 Å². The van der Waals surface area contributed by atoms with Crippen LogP contribution in [0.15, 0.2) is 24.3 Å². The molecule has 0 radical (unpaired) electrons. The fraction of sp³-hybridized carbons (Fsp3) is 0.588. The van der Waals surface area contributed by atoms with Gasteiger partial charge in [-0.3, -0.25) is 4.79 Å². The van der Waals surface area contributed by atoms with Crippen LogP contribution in [-0.2, 0) is 4.79 Å². The second-order valence-corrected chi connectivity index (χ2v) is 5.93. The highest BCUT2D eigenvalue weighted by Crippen LogP contribution is 2.23. The van der Waals surface area contributed by atoms with Crippen LogP contribution in [0.4, 0.5) is 0 Å². The average molecular weight is 290 g/mol. The first kappa shape index (κ1) is 15.8. The summed E-state index contributed by atoms with van der Waals surface area (Å²) < 4.78 is 5.63. The Balaban J connectivity index is 1.59. The summed E-state index contributed by atoms with van der Waals surface area (Å²) in [4.78, 5) is 12.0. The number of carbonyl (C=O) groups excluding carboxylic acids is 1. The minimum atomic E-state index is 0.103. The molecule has 2 rings (SSSR count). The molecule has 0 saturated heterocycles. The first-order valence-electron chi connectivity index (χ1n) is 7.88. The monoisotopic (exact) mass is 290 g/mol. The number of benzene rings is 1. The van der Waals surface area contributed by atoms with Crippen LogP contribution in [0, 0.1) is 12.8 Å². The Labute approximate surface area is 127 Å². The van der Waals surface area contributed by atoms with Crippen molar-refractivity contribution in [2.75, 3.05) is 13.2 Å². The highest BCUT2D eigenvalue weighted by Gasteiger charge is 2.24. The summed E-state index contributed by atoms with van der Waals surface area (Å²) in [5.41, 5.74) is 7.14. The Morgan fingerprint density at radius 2 is 2.10 bits per heavy atom. The van der Waals surface area contributed by atoms with E-state index in [2.05, 4.69) is 12.2 Å². The van der Waals surface area contributed by atoms with E-state index < -0.39 is 0 Å². The minimum absolute atomic E-state index is 0.103. The lowest BCUT2D eigenvalue weighted by Gasteiger charge is -2.25. The van der Waals surface area contributed by atoms with Gasteiger partial charge in [0.15, 0.2) is 0 Å². The number of carbonyl (C=O) groups is 1. The van der Waals surface area contributed by atoms with Crippen molar-refractivity contribution >= 4 is 5.91 Å². The average Bonchev–Trinajstić information content (AvgIpc) is 2.48. The van der Waals surface area contributed by atoms with Gasteiger partial charge >= 0.3 is 0 Å². The van der Waals surface area contributed by atoms with Crippen molar-refractivity contribution in [3.63, 3.8) is 0 Å². The molecular formula is C17H26N2O2. The van der Waals surface area contributed by atoms with E-state index >= 15 is 0 Å². The summed E-state index contributed by atoms with van der Waals surface area (Å²) in [6.07, 6.45) is 4.73. The van der Waals surface area contributed by atoms with Gasteiger partial charge in [0, 0.05) is 18.5 Å². The Bertz CT molecular complexity index is 445. The number of nitrogens with two attached hydrogens (primary N) is 1. The molecule has 1 aromatic rings. The quantitative estimate of drug-likeness (QED) is 0.791. The Hall–Kier alpha value is -1.55. The number of rotatable bonds is 6. The largest absolute Gasteiger partial charge is 0.494 e. The van der Waals surface area contributed by atoms with Gasteiger partial charge in [-0.25, -0.2) is 0 Å². The van der Waals surface area contributed by atoms with Crippen molar-refractivity contribution in [1.29, 1.82) is 0 Å². The number of aryl methyl sites for hydroxylation is 1. The summed E-state index contributed by atoms with van der Waals surface area (Å²) in [6, 6.07) is 8.20. The molecule has 1 saturated carbocycles. The second kappa shape index (κ2) is 8.03. The van der Waals surface area contributed by atoms with Gasteiger partial charge in [-0.2, -0.15) is 0 Å². The van der Waals surface area contributed by atoms with Crippen molar-refractivity contribution in [3.8, 4) is 5.75 Å². The molecule has 0 aliphatic heterocycles. The molecule has 4 heteroatoms. The summed E-state index contributed by atoms with van der Waals surface area (Å²) in [5, 5.41) is 2.99. The minimum Gasteiger partial charge on any atom is -0.494 e. The molecule has 1 aliphatic carbocycles. The molecule has 1 amide bonds. The number of amides is 1. The highest BCUT2D eigenvalue weighted by atomic mass is 16.5. The number of hydrogen-bond acceptors (Lipinski definition) is 3. The lowest BCUT2D eigenvalue weighted by molar-refractivity contribution is -0.126. The van der Waals surface area contributed by atoms with E-state index in [1.807, 2.05) is 24.3 Å². The topological polar surface area (TPSA) is 64.3 Å². The maximum atomic E-state index is 12.0. The zero-order valence-corrected chi connectivity index (χ0v) is 12.8. The van der Waals surface area contributed by atoms with Crippen LogP contribution < -0.4 is 15.8 Å². The van der Waals surface area contributed by atoms with E-state index in [-0.39, 0.29) is 17.9 Å². The van der Waals surface area contributed by atoms with Crippen LogP contribution in [0.1, 0.15) is 37.7 Å². The SMILES string of the molecule is Cc1ccc(OCCCNC(=O)C2CCCC(N)C2)cc1. The van der Waals surface area contributed by atoms with E-state index in [1.54, 1.807) is 0 Å². The first-order valence-corrected chi connectivity index (χ1v) is 7.88. The van der Waals surface area contributed by atoms with Gasteiger partial charge in [-0.05, 0) is 44.7 Å². The predicted octanol–water partition coefficient (Wildman–Crippen LogP) is 2.40. The maximum absolute atomic E-state index is 12.0. The second-order valence-electron chi connectivity index (χ2n) is 5.93. The summed E-state index contributed by atoms with van der Waals surface area (Å²) in [7, 11) is 0. The van der Waals surface area contributed by atoms with E-state index in [0.29, 0.717) is 13.2 Å². The Morgan fingerprint density at radius 3 is 2.81 bits per heavy atom. The zero-order valence-electron chi connectivity index (χ0n) is 12.8. The van der Waals surface area contributed by atoms with Gasteiger partial charge in [-0.1, -0.05) is 24.1 Å². The Morgan fingerprint density at radius 1 is 1.33 bits per heavy atom. The third-order valence-corrected chi connectivity index (χ3v) is 4.00. The molecule has 1 aromatic carbocycles. The van der Waals surface area contributed by atoms with Crippen molar-refractivity contribution < 1.29 is 9.53 Å². The maximum Gasteiger partial charge on any atom is 0.223 e. The van der Waals surface area contributed by atoms with Crippen LogP contribution >= 0.6 is 0 Å². The number of ether oxygens (including phenoxy) is 1. The molecule has 0 bridgehead atoms. The van der Waals surface area contributed by atoms with Gasteiger partial charge in [0.25, 0.3) is 0 Å². The molecular weight excluding hydrogens is 264 g/mol. The van der Waals surface area contributed by atoms with Crippen molar-refractivity contribution in [1.82, 2.24) is 5.32 Å². The molecule has 0 aromatic heterocycles. The lowest BCUT2D eigenvalue weighted by atomic mass is 9.85. The van der Waals surface area contributed by atoms with Crippen LogP contribution in [0.25, 0.3) is 0 Å². The molecule has 2 atom stereocenters. The van der Waals surface area contributed by atoms with Crippen molar-refractivity contribution in [2.24, 2.45) is 11.7 Å². The molecule has 21 heavy (non-hydrogen) atoms. The molecule has 3 N–H and O–H groups in total. The number of hydrogen-bond donors (Lipinski definition) is 2. The smallest absolute Gasteiger partial charge is 0.223 e. The zero-order chi connectivity index (χ0) is 15.1. The first-order chi connectivity index (χ1) is 10.1. The fourth-order valence-corrected chi connectivity index (χ4v) is 2.72. The van der Waals surface area contributed by atoms with Crippen LogP contribution in [0.3, 0.4) is 0 Å². The lowest BCUT2D eigenvalue weighted by Crippen LogP contribution is -2.38. The third-order valence-electron chi connectivity index (χ3n) is 4.00.